The van der Waals surface area contributed by atoms with Crippen molar-refractivity contribution in [3.63, 3.8) is 0 Å². The van der Waals surface area contributed by atoms with Crippen molar-refractivity contribution in [2.24, 2.45) is 0 Å². The fourth-order valence-electron chi connectivity index (χ4n) is 0.497. The quantitative estimate of drug-likeness (QED) is 0.505. The lowest BCUT2D eigenvalue weighted by Crippen LogP contribution is -2.05. The highest BCUT2D eigenvalue weighted by atomic mass is 16.3. The van der Waals surface area contributed by atoms with Gasteiger partial charge in [0.2, 0.25) is 5.78 Å². The number of aliphatic hydroxyl groups is 1. The molecule has 0 aliphatic heterocycles. The Morgan fingerprint density at radius 3 is 2.20 bits per heavy atom. The second-order valence-corrected chi connectivity index (χ2v) is 1.63. The van der Waals surface area contributed by atoms with Crippen LogP contribution in [0.4, 0.5) is 0 Å². The first-order valence-electron chi connectivity index (χ1n) is 2.37. The van der Waals surface area contributed by atoms with Gasteiger partial charge >= 0.3 is 0 Å². The maximum absolute atomic E-state index is 10.4. The van der Waals surface area contributed by atoms with Crippen molar-refractivity contribution in [1.29, 1.82) is 0 Å². The first kappa shape index (κ1) is 8.62. The van der Waals surface area contributed by atoms with Gasteiger partial charge in [-0.2, -0.15) is 0 Å². The Kier molecular flexibility index (Phi) is 2.55. The van der Waals surface area contributed by atoms with Crippen molar-refractivity contribution < 1.29 is 14.7 Å². The van der Waals surface area contributed by atoms with E-state index in [0.717, 1.165) is 18.2 Å². The molecule has 54 valence electrons. The summed E-state index contributed by atoms with van der Waals surface area (Å²) in [5.41, 5.74) is 0. The molecule has 1 N–H and O–H groups in total. The fourth-order valence-corrected chi connectivity index (χ4v) is 0.497. The maximum Gasteiger partial charge on any atom is 0.220 e. The molecule has 0 radical (unpaired) electrons. The smallest absolute Gasteiger partial charge is 0.220 e. The summed E-state index contributed by atoms with van der Waals surface area (Å²) in [6.45, 7) is 0. The zero-order chi connectivity index (χ0) is 6.85. The van der Waals surface area contributed by atoms with Gasteiger partial charge in [0, 0.05) is 6.08 Å². The average Bonchev–Trinajstić information content (AvgIpc) is 1.80. The van der Waals surface area contributed by atoms with Crippen molar-refractivity contribution >= 4 is 11.6 Å². The van der Waals surface area contributed by atoms with Crippen LogP contribution in [0.1, 0.15) is 7.43 Å². The van der Waals surface area contributed by atoms with Gasteiger partial charge in [-0.15, -0.1) is 0 Å². The molecule has 1 rings (SSSR count). The summed E-state index contributed by atoms with van der Waals surface area (Å²) < 4.78 is 0. The molecule has 0 aromatic rings. The van der Waals surface area contributed by atoms with Crippen molar-refractivity contribution in [3.8, 4) is 0 Å². The van der Waals surface area contributed by atoms with E-state index >= 15 is 0 Å². The highest BCUT2D eigenvalue weighted by molar-refractivity contribution is 6.15. The molecule has 0 saturated heterocycles. The van der Waals surface area contributed by atoms with E-state index in [0.29, 0.717) is 0 Å². The largest absolute Gasteiger partial charge is 0.504 e. The molecule has 0 unspecified atom stereocenters. The Morgan fingerprint density at radius 2 is 1.80 bits per heavy atom. The van der Waals surface area contributed by atoms with E-state index in [9.17, 15) is 9.59 Å². The lowest BCUT2D eigenvalue weighted by molar-refractivity contribution is -0.116. The van der Waals surface area contributed by atoms with Gasteiger partial charge in [-0.1, -0.05) is 7.43 Å². The molecule has 3 nitrogen and oxygen atoms in total. The fraction of sp³-hybridized carbons (Fsp3) is 0.143. The van der Waals surface area contributed by atoms with Crippen LogP contribution in [0.2, 0.25) is 0 Å². The number of rotatable bonds is 0. The van der Waals surface area contributed by atoms with Crippen LogP contribution < -0.4 is 0 Å². The van der Waals surface area contributed by atoms with E-state index in [2.05, 4.69) is 0 Å². The normalized spacial score (nSPS) is 16.2. The molecule has 0 atom stereocenters. The number of hydrogen-bond acceptors (Lipinski definition) is 3. The SMILES string of the molecule is C.O=C1C=CC(=O)C(O)=C1. The van der Waals surface area contributed by atoms with Crippen molar-refractivity contribution in [1.82, 2.24) is 0 Å². The number of carbonyl (C=O) groups excluding carboxylic acids is 2. The Balaban J connectivity index is 0.000000810. The Bertz CT molecular complexity index is 223. The van der Waals surface area contributed by atoms with E-state index in [-0.39, 0.29) is 13.2 Å². The third kappa shape index (κ3) is 1.55. The lowest BCUT2D eigenvalue weighted by atomic mass is 10.1. The summed E-state index contributed by atoms with van der Waals surface area (Å²) >= 11 is 0. The molecule has 1 aliphatic carbocycles. The van der Waals surface area contributed by atoms with Gasteiger partial charge < -0.3 is 5.11 Å². The summed E-state index contributed by atoms with van der Waals surface area (Å²) in [6, 6.07) is 0. The number of carbonyl (C=O) groups is 2. The third-order valence-corrected chi connectivity index (χ3v) is 0.930. The van der Waals surface area contributed by atoms with Crippen LogP contribution in [0.25, 0.3) is 0 Å². The van der Waals surface area contributed by atoms with Crippen LogP contribution in [-0.4, -0.2) is 16.7 Å². The van der Waals surface area contributed by atoms with Crippen LogP contribution in [0.5, 0.6) is 0 Å². The molecular weight excluding hydrogens is 132 g/mol. The molecule has 0 aromatic carbocycles. The van der Waals surface area contributed by atoms with E-state index in [4.69, 9.17) is 5.11 Å². The van der Waals surface area contributed by atoms with Gasteiger partial charge in [0.1, 0.15) is 0 Å². The molecule has 0 fully saturated rings. The molecule has 1 aliphatic rings. The summed E-state index contributed by atoms with van der Waals surface area (Å²) in [7, 11) is 0. The number of allylic oxidation sites excluding steroid dienone is 3. The van der Waals surface area contributed by atoms with Crippen LogP contribution in [0.3, 0.4) is 0 Å². The van der Waals surface area contributed by atoms with Crippen LogP contribution in [-0.2, 0) is 9.59 Å². The number of ketones is 2. The first-order chi connectivity index (χ1) is 4.20. The molecule has 0 bridgehead atoms. The van der Waals surface area contributed by atoms with E-state index < -0.39 is 11.5 Å². The third-order valence-electron chi connectivity index (χ3n) is 0.930. The molecule has 10 heavy (non-hydrogen) atoms. The van der Waals surface area contributed by atoms with Gasteiger partial charge in [0.25, 0.3) is 0 Å². The average molecular weight is 140 g/mol. The van der Waals surface area contributed by atoms with Crippen molar-refractivity contribution in [3.05, 3.63) is 24.0 Å². The highest BCUT2D eigenvalue weighted by Crippen LogP contribution is 1.99. The minimum atomic E-state index is -0.519. The van der Waals surface area contributed by atoms with Crippen LogP contribution >= 0.6 is 0 Å². The van der Waals surface area contributed by atoms with E-state index in [1.807, 2.05) is 0 Å². The van der Waals surface area contributed by atoms with E-state index in [1.54, 1.807) is 0 Å². The number of aliphatic hydroxyl groups excluding tert-OH is 1. The molecule has 0 amide bonds. The Morgan fingerprint density at radius 1 is 1.20 bits per heavy atom. The topological polar surface area (TPSA) is 54.4 Å². The summed E-state index contributed by atoms with van der Waals surface area (Å²) in [5, 5.41) is 8.59. The molecule has 0 heterocycles. The van der Waals surface area contributed by atoms with Gasteiger partial charge in [-0.25, -0.2) is 0 Å². The predicted octanol–water partition coefficient (Wildman–Crippen LogP) is 0.772. The molecule has 0 spiro atoms. The van der Waals surface area contributed by atoms with Gasteiger partial charge in [0.15, 0.2) is 11.5 Å². The van der Waals surface area contributed by atoms with Crippen molar-refractivity contribution in [2.45, 2.75) is 7.43 Å². The molecule has 3 heteroatoms. The summed E-state index contributed by atoms with van der Waals surface area (Å²) in [4.78, 5) is 20.7. The van der Waals surface area contributed by atoms with Gasteiger partial charge in [-0.05, 0) is 12.2 Å². The predicted molar refractivity (Wildman–Crippen MR) is 36.6 cm³/mol. The minimum Gasteiger partial charge on any atom is -0.504 e. The molecular formula is C7H8O3. The minimum absolute atomic E-state index is 0. The van der Waals surface area contributed by atoms with Crippen molar-refractivity contribution in [2.75, 3.05) is 0 Å². The van der Waals surface area contributed by atoms with Gasteiger partial charge in [0.05, 0.1) is 0 Å². The zero-order valence-electron chi connectivity index (χ0n) is 4.50. The standard InChI is InChI=1S/C6H4O3.CH4/c7-4-1-2-5(8)6(9)3-4;/h1-3,9H;1H4. The maximum atomic E-state index is 10.4. The van der Waals surface area contributed by atoms with E-state index in [1.165, 1.54) is 0 Å². The Labute approximate surface area is 58.7 Å². The molecule has 0 aromatic heterocycles. The summed E-state index contributed by atoms with van der Waals surface area (Å²) in [5.74, 6) is -1.36. The Hall–Kier alpha value is -1.38. The second kappa shape index (κ2) is 2.96. The monoisotopic (exact) mass is 140 g/mol. The summed E-state index contributed by atoms with van der Waals surface area (Å²) in [6.07, 6.45) is 3.04. The number of hydrogen-bond donors (Lipinski definition) is 1. The molecule has 0 saturated carbocycles. The van der Waals surface area contributed by atoms with Crippen LogP contribution in [0, 0.1) is 0 Å². The second-order valence-electron chi connectivity index (χ2n) is 1.63. The van der Waals surface area contributed by atoms with Gasteiger partial charge in [-0.3, -0.25) is 9.59 Å². The van der Waals surface area contributed by atoms with Crippen LogP contribution in [0.15, 0.2) is 24.0 Å². The highest BCUT2D eigenvalue weighted by Gasteiger charge is 2.09. The zero-order valence-corrected chi connectivity index (χ0v) is 4.50. The first-order valence-corrected chi connectivity index (χ1v) is 2.37. The lowest BCUT2D eigenvalue weighted by Gasteiger charge is -1.95.